The van der Waals surface area contributed by atoms with Crippen LogP contribution in [0.3, 0.4) is 0 Å². The van der Waals surface area contributed by atoms with Gasteiger partial charge in [0.2, 0.25) is 0 Å². The Bertz CT molecular complexity index is 980. The van der Waals surface area contributed by atoms with Gasteiger partial charge in [-0.25, -0.2) is 4.39 Å². The number of hydrogen-bond acceptors (Lipinski definition) is 3. The van der Waals surface area contributed by atoms with Crippen molar-refractivity contribution in [2.75, 3.05) is 30.4 Å². The summed E-state index contributed by atoms with van der Waals surface area (Å²) in [7, 11) is 3.63. The van der Waals surface area contributed by atoms with Gasteiger partial charge in [-0.3, -0.25) is 9.69 Å². The molecule has 0 atom stereocenters. The van der Waals surface area contributed by atoms with E-state index in [-0.39, 0.29) is 29.7 Å². The largest absolute Gasteiger partial charge is 0.416 e. The predicted octanol–water partition coefficient (Wildman–Crippen LogP) is 4.70. The number of anilines is 2. The van der Waals surface area contributed by atoms with Crippen LogP contribution in [0.5, 0.6) is 0 Å². The van der Waals surface area contributed by atoms with Crippen molar-refractivity contribution in [3.63, 3.8) is 0 Å². The van der Waals surface area contributed by atoms with E-state index in [4.69, 9.17) is 23.8 Å². The van der Waals surface area contributed by atoms with Crippen LogP contribution in [0.2, 0.25) is 5.02 Å². The lowest BCUT2D eigenvalue weighted by molar-refractivity contribution is -0.138. The Morgan fingerprint density at radius 2 is 1.86 bits per heavy atom. The third-order valence-corrected chi connectivity index (χ3v) is 5.19. The van der Waals surface area contributed by atoms with Gasteiger partial charge < -0.3 is 9.80 Å². The highest BCUT2D eigenvalue weighted by Crippen LogP contribution is 2.35. The van der Waals surface area contributed by atoms with E-state index < -0.39 is 17.6 Å². The number of thiocarbonyl (C=S) groups is 1. The average molecular weight is 446 g/mol. The van der Waals surface area contributed by atoms with E-state index in [1.54, 1.807) is 23.1 Å². The average Bonchev–Trinajstić information content (AvgIpc) is 2.88. The maximum absolute atomic E-state index is 13.3. The first-order valence-electron chi connectivity index (χ1n) is 8.43. The van der Waals surface area contributed by atoms with Crippen molar-refractivity contribution < 1.29 is 22.4 Å². The number of halogens is 5. The molecule has 1 heterocycles. The van der Waals surface area contributed by atoms with Gasteiger partial charge in [-0.1, -0.05) is 17.7 Å². The number of nitrogens with zero attached hydrogens (tertiary/aromatic N) is 3. The molecule has 1 saturated heterocycles. The molecule has 4 nitrogen and oxygen atoms in total. The van der Waals surface area contributed by atoms with Crippen LogP contribution in [-0.2, 0) is 17.5 Å². The number of rotatable bonds is 4. The van der Waals surface area contributed by atoms with Crippen molar-refractivity contribution in [1.82, 2.24) is 4.90 Å². The maximum Gasteiger partial charge on any atom is 0.416 e. The van der Waals surface area contributed by atoms with Gasteiger partial charge in [0.05, 0.1) is 22.0 Å². The fourth-order valence-corrected chi connectivity index (χ4v) is 3.76. The van der Waals surface area contributed by atoms with Gasteiger partial charge in [0, 0.05) is 20.6 Å². The second-order valence-electron chi connectivity index (χ2n) is 6.70. The van der Waals surface area contributed by atoms with E-state index in [0.29, 0.717) is 16.8 Å². The monoisotopic (exact) mass is 445 g/mol. The molecule has 0 spiro atoms. The van der Waals surface area contributed by atoms with E-state index >= 15 is 0 Å². The molecule has 10 heteroatoms. The van der Waals surface area contributed by atoms with Crippen LogP contribution in [0, 0.1) is 5.82 Å². The van der Waals surface area contributed by atoms with Gasteiger partial charge in [0.1, 0.15) is 12.4 Å². The fraction of sp³-hybridized carbons (Fsp3) is 0.263. The van der Waals surface area contributed by atoms with Gasteiger partial charge in [-0.2, -0.15) is 13.2 Å². The third kappa shape index (κ3) is 4.30. The van der Waals surface area contributed by atoms with Crippen molar-refractivity contribution in [2.24, 2.45) is 0 Å². The van der Waals surface area contributed by atoms with E-state index in [1.807, 2.05) is 14.1 Å². The smallest absolute Gasteiger partial charge is 0.376 e. The second kappa shape index (κ2) is 7.79. The number of benzene rings is 2. The molecule has 0 N–H and O–H groups in total. The molecule has 1 amide bonds. The number of carbonyl (C=O) groups is 1. The molecule has 0 unspecified atom stereocenters. The minimum atomic E-state index is -4.72. The molecular formula is C19H16ClF4N3OS. The van der Waals surface area contributed by atoms with Crippen molar-refractivity contribution in [2.45, 2.75) is 12.7 Å². The SMILES string of the molecule is CN(C)c1ccc(N2C(=O)CN(Cc3ccc(F)cc3C(F)(F)F)C2=S)cc1Cl. The highest BCUT2D eigenvalue weighted by Gasteiger charge is 2.38. The Balaban J connectivity index is 1.88. The van der Waals surface area contributed by atoms with E-state index in [9.17, 15) is 22.4 Å². The molecule has 2 aromatic carbocycles. The van der Waals surface area contributed by atoms with Crippen LogP contribution < -0.4 is 9.80 Å². The van der Waals surface area contributed by atoms with Crippen molar-refractivity contribution in [3.05, 3.63) is 58.4 Å². The molecule has 3 rings (SSSR count). The summed E-state index contributed by atoms with van der Waals surface area (Å²) in [4.78, 5) is 16.9. The Morgan fingerprint density at radius 3 is 2.45 bits per heavy atom. The Hall–Kier alpha value is -2.39. The summed E-state index contributed by atoms with van der Waals surface area (Å²) in [6.07, 6.45) is -4.72. The summed E-state index contributed by atoms with van der Waals surface area (Å²) < 4.78 is 53.1. The zero-order valence-electron chi connectivity index (χ0n) is 15.4. The Labute approximate surface area is 175 Å². The summed E-state index contributed by atoms with van der Waals surface area (Å²) in [5.41, 5.74) is -0.0966. The van der Waals surface area contributed by atoms with Crippen LogP contribution in [0.4, 0.5) is 28.9 Å². The number of carbonyl (C=O) groups excluding carboxylic acids is 1. The molecule has 0 radical (unpaired) electrons. The van der Waals surface area contributed by atoms with Gasteiger partial charge in [0.15, 0.2) is 5.11 Å². The fourth-order valence-electron chi connectivity index (χ4n) is 3.08. The summed E-state index contributed by atoms with van der Waals surface area (Å²) in [6.45, 7) is -0.472. The molecule has 1 aliphatic rings. The molecule has 1 fully saturated rings. The molecule has 0 saturated carbocycles. The molecule has 29 heavy (non-hydrogen) atoms. The number of hydrogen-bond donors (Lipinski definition) is 0. The minimum absolute atomic E-state index is 0.0566. The Morgan fingerprint density at radius 1 is 1.17 bits per heavy atom. The second-order valence-corrected chi connectivity index (χ2v) is 7.47. The normalized spacial score (nSPS) is 14.7. The van der Waals surface area contributed by atoms with Crippen LogP contribution in [0.1, 0.15) is 11.1 Å². The summed E-state index contributed by atoms with van der Waals surface area (Å²) in [6, 6.07) is 7.39. The standard InChI is InChI=1S/C19H16ClF4N3OS/c1-25(2)16-6-5-13(8-15(16)20)27-17(28)10-26(18(27)29)9-11-3-4-12(21)7-14(11)19(22,23)24/h3-8H,9-10H2,1-2H3. The predicted molar refractivity (Wildman–Crippen MR) is 108 cm³/mol. The number of alkyl halides is 3. The molecule has 0 aliphatic carbocycles. The molecule has 154 valence electrons. The van der Waals surface area contributed by atoms with Crippen LogP contribution in [0.25, 0.3) is 0 Å². The highest BCUT2D eigenvalue weighted by atomic mass is 35.5. The maximum atomic E-state index is 13.3. The quantitative estimate of drug-likeness (QED) is 0.503. The van der Waals surface area contributed by atoms with Crippen LogP contribution >= 0.6 is 23.8 Å². The van der Waals surface area contributed by atoms with Crippen molar-refractivity contribution in [1.29, 1.82) is 0 Å². The minimum Gasteiger partial charge on any atom is -0.376 e. The topological polar surface area (TPSA) is 26.8 Å². The lowest BCUT2D eigenvalue weighted by Gasteiger charge is -2.23. The van der Waals surface area contributed by atoms with Gasteiger partial charge in [0.25, 0.3) is 5.91 Å². The zero-order valence-corrected chi connectivity index (χ0v) is 17.0. The van der Waals surface area contributed by atoms with E-state index in [0.717, 1.165) is 17.8 Å². The zero-order chi connectivity index (χ0) is 21.5. The molecular weight excluding hydrogens is 430 g/mol. The summed E-state index contributed by atoms with van der Waals surface area (Å²) in [5.74, 6) is -1.38. The summed E-state index contributed by atoms with van der Waals surface area (Å²) in [5, 5.41) is 0.459. The first-order valence-corrected chi connectivity index (χ1v) is 9.22. The van der Waals surface area contributed by atoms with Gasteiger partial charge in [-0.15, -0.1) is 0 Å². The molecule has 2 aromatic rings. The van der Waals surface area contributed by atoms with Gasteiger partial charge >= 0.3 is 6.18 Å². The molecule has 0 aromatic heterocycles. The number of amides is 1. The first-order chi connectivity index (χ1) is 13.5. The Kier molecular flexibility index (Phi) is 5.73. The van der Waals surface area contributed by atoms with Gasteiger partial charge in [-0.05, 0) is 48.1 Å². The lowest BCUT2D eigenvalue weighted by Crippen LogP contribution is -2.33. The molecule has 1 aliphatic heterocycles. The first kappa shape index (κ1) is 21.3. The van der Waals surface area contributed by atoms with Crippen LogP contribution in [-0.4, -0.2) is 36.6 Å². The molecule has 0 bridgehead atoms. The van der Waals surface area contributed by atoms with E-state index in [2.05, 4.69) is 0 Å². The highest BCUT2D eigenvalue weighted by molar-refractivity contribution is 7.80. The van der Waals surface area contributed by atoms with E-state index in [1.165, 1.54) is 9.80 Å². The third-order valence-electron chi connectivity index (χ3n) is 4.45. The van der Waals surface area contributed by atoms with Crippen LogP contribution in [0.15, 0.2) is 36.4 Å². The summed E-state index contributed by atoms with van der Waals surface area (Å²) >= 11 is 11.6. The van der Waals surface area contributed by atoms with Crippen molar-refractivity contribution in [3.8, 4) is 0 Å². The van der Waals surface area contributed by atoms with Crippen molar-refractivity contribution >= 4 is 46.2 Å². The lowest BCUT2D eigenvalue weighted by atomic mass is 10.1.